The molecule has 0 aliphatic carbocycles. The van der Waals surface area contributed by atoms with Gasteiger partial charge < -0.3 is 19.5 Å². The van der Waals surface area contributed by atoms with Gasteiger partial charge in [-0.2, -0.15) is 5.10 Å². The molecule has 0 unspecified atom stereocenters. The van der Waals surface area contributed by atoms with E-state index in [1.807, 2.05) is 32.2 Å². The fourth-order valence-electron chi connectivity index (χ4n) is 3.19. The highest BCUT2D eigenvalue weighted by molar-refractivity contribution is 5.92. The molecule has 3 rings (SSSR count). The molecule has 0 bridgehead atoms. The molecule has 3 heterocycles. The monoisotopic (exact) mass is 345 g/mol. The number of aromatic nitrogens is 3. The molecule has 25 heavy (non-hydrogen) atoms. The maximum atomic E-state index is 13.0. The van der Waals surface area contributed by atoms with Crippen LogP contribution in [0.25, 0.3) is 0 Å². The number of hydrogen-bond acceptors (Lipinski definition) is 5. The van der Waals surface area contributed by atoms with E-state index < -0.39 is 0 Å². The van der Waals surface area contributed by atoms with E-state index in [1.54, 1.807) is 27.9 Å². The standard InChI is InChI=1S/C17H23N5O3/c1-20(2)11-14-16(12-9-18-21(3)10-12)22(7-8-25-14)17(24)13-5-4-6-15(23)19-13/h4-6,9-10,14,16H,7-8,11H2,1-3H3,(H,19,23)/t14-,16-/m0/s1. The van der Waals surface area contributed by atoms with Gasteiger partial charge in [-0.15, -0.1) is 0 Å². The predicted molar refractivity (Wildman–Crippen MR) is 92.3 cm³/mol. The second-order valence-electron chi connectivity index (χ2n) is 6.49. The van der Waals surface area contributed by atoms with Crippen LogP contribution in [0.15, 0.2) is 35.4 Å². The Hall–Kier alpha value is -2.45. The number of pyridine rings is 1. The first-order valence-corrected chi connectivity index (χ1v) is 8.21. The molecule has 1 amide bonds. The number of H-pyrrole nitrogens is 1. The zero-order valence-electron chi connectivity index (χ0n) is 14.7. The molecule has 8 heteroatoms. The average Bonchev–Trinajstić information content (AvgIpc) is 2.99. The number of nitrogens with one attached hydrogen (secondary N) is 1. The molecule has 0 spiro atoms. The summed E-state index contributed by atoms with van der Waals surface area (Å²) in [5.74, 6) is -0.210. The second-order valence-corrected chi connectivity index (χ2v) is 6.49. The number of morpholine rings is 1. The van der Waals surface area contributed by atoms with E-state index in [-0.39, 0.29) is 29.3 Å². The minimum Gasteiger partial charge on any atom is -0.373 e. The number of aromatic amines is 1. The Kier molecular flexibility index (Phi) is 5.00. The Morgan fingerprint density at radius 1 is 1.44 bits per heavy atom. The van der Waals surface area contributed by atoms with Crippen molar-refractivity contribution in [3.63, 3.8) is 0 Å². The van der Waals surface area contributed by atoms with E-state index in [0.717, 1.165) is 5.56 Å². The van der Waals surface area contributed by atoms with E-state index in [1.165, 1.54) is 6.07 Å². The normalized spacial score (nSPS) is 20.9. The lowest BCUT2D eigenvalue weighted by atomic mass is 10.00. The van der Waals surface area contributed by atoms with Gasteiger partial charge in [0.25, 0.3) is 5.91 Å². The molecule has 134 valence electrons. The van der Waals surface area contributed by atoms with Gasteiger partial charge in [-0.25, -0.2) is 0 Å². The number of hydrogen-bond donors (Lipinski definition) is 1. The third-order valence-electron chi connectivity index (χ3n) is 4.22. The summed E-state index contributed by atoms with van der Waals surface area (Å²) in [6, 6.07) is 4.34. The Bertz CT molecular complexity index is 797. The summed E-state index contributed by atoms with van der Waals surface area (Å²) in [5, 5.41) is 4.24. The lowest BCUT2D eigenvalue weighted by molar-refractivity contribution is -0.0686. The van der Waals surface area contributed by atoms with Crippen molar-refractivity contribution in [3.8, 4) is 0 Å². The minimum atomic E-state index is -0.290. The van der Waals surface area contributed by atoms with Crippen molar-refractivity contribution in [1.29, 1.82) is 0 Å². The van der Waals surface area contributed by atoms with Gasteiger partial charge in [-0.1, -0.05) is 6.07 Å². The lowest BCUT2D eigenvalue weighted by Crippen LogP contribution is -2.51. The first kappa shape index (κ1) is 17.4. The van der Waals surface area contributed by atoms with Gasteiger partial charge in [0.05, 0.1) is 24.9 Å². The van der Waals surface area contributed by atoms with Crippen LogP contribution in [-0.4, -0.2) is 70.4 Å². The van der Waals surface area contributed by atoms with Crippen LogP contribution in [0.5, 0.6) is 0 Å². The Morgan fingerprint density at radius 2 is 2.24 bits per heavy atom. The Balaban J connectivity index is 1.96. The number of nitrogens with zero attached hydrogens (tertiary/aromatic N) is 4. The van der Waals surface area contributed by atoms with E-state index in [2.05, 4.69) is 10.1 Å². The largest absolute Gasteiger partial charge is 0.373 e. The molecule has 8 nitrogen and oxygen atoms in total. The lowest BCUT2D eigenvalue weighted by Gasteiger charge is -2.41. The van der Waals surface area contributed by atoms with Crippen LogP contribution < -0.4 is 5.56 Å². The summed E-state index contributed by atoms with van der Waals surface area (Å²) in [6.45, 7) is 1.59. The average molecular weight is 345 g/mol. The Labute approximate surface area is 146 Å². The van der Waals surface area contributed by atoms with Crippen LogP contribution in [-0.2, 0) is 11.8 Å². The quantitative estimate of drug-likeness (QED) is 0.859. The van der Waals surface area contributed by atoms with Gasteiger partial charge in [0, 0.05) is 38.0 Å². The van der Waals surface area contributed by atoms with E-state index in [0.29, 0.717) is 19.7 Å². The summed E-state index contributed by atoms with van der Waals surface area (Å²) < 4.78 is 7.67. The fraction of sp³-hybridized carbons (Fsp3) is 0.471. The maximum absolute atomic E-state index is 13.0. The van der Waals surface area contributed by atoms with Gasteiger partial charge in [0.1, 0.15) is 5.69 Å². The number of ether oxygens (including phenoxy) is 1. The zero-order chi connectivity index (χ0) is 18.0. The first-order chi connectivity index (χ1) is 12.0. The molecule has 1 fully saturated rings. The topological polar surface area (TPSA) is 83.5 Å². The number of aryl methyl sites for hydroxylation is 1. The number of likely N-dealkylation sites (N-methyl/N-ethyl adjacent to an activating group) is 1. The molecule has 1 saturated heterocycles. The predicted octanol–water partition coefficient (Wildman–Crippen LogP) is 0.252. The van der Waals surface area contributed by atoms with Crippen LogP contribution in [0.1, 0.15) is 22.1 Å². The smallest absolute Gasteiger partial charge is 0.271 e. The fourth-order valence-corrected chi connectivity index (χ4v) is 3.19. The molecule has 2 aromatic rings. The molecule has 0 aromatic carbocycles. The molecule has 2 atom stereocenters. The summed E-state index contributed by atoms with van der Waals surface area (Å²) in [7, 11) is 5.78. The van der Waals surface area contributed by atoms with Gasteiger partial charge in [-0.3, -0.25) is 14.3 Å². The van der Waals surface area contributed by atoms with Crippen LogP contribution in [0, 0.1) is 0 Å². The molecular formula is C17H23N5O3. The van der Waals surface area contributed by atoms with Gasteiger partial charge in [0.2, 0.25) is 5.56 Å². The molecule has 1 aliphatic rings. The van der Waals surface area contributed by atoms with E-state index in [9.17, 15) is 9.59 Å². The van der Waals surface area contributed by atoms with Crippen molar-refractivity contribution >= 4 is 5.91 Å². The third kappa shape index (κ3) is 3.80. The summed E-state index contributed by atoms with van der Waals surface area (Å²) in [5.41, 5.74) is 0.912. The van der Waals surface area contributed by atoms with Crippen molar-refractivity contribution < 1.29 is 9.53 Å². The minimum absolute atomic E-state index is 0.174. The van der Waals surface area contributed by atoms with Gasteiger partial charge >= 0.3 is 0 Å². The summed E-state index contributed by atoms with van der Waals surface area (Å²) in [6.07, 6.45) is 3.49. The number of amides is 1. The van der Waals surface area contributed by atoms with Crippen molar-refractivity contribution in [2.45, 2.75) is 12.1 Å². The second kappa shape index (κ2) is 7.20. The zero-order valence-corrected chi connectivity index (χ0v) is 14.7. The molecule has 1 N–H and O–H groups in total. The van der Waals surface area contributed by atoms with E-state index >= 15 is 0 Å². The number of carbonyl (C=O) groups excluding carboxylic acids is 1. The van der Waals surface area contributed by atoms with Crippen molar-refractivity contribution in [2.24, 2.45) is 7.05 Å². The molecule has 0 radical (unpaired) electrons. The highest BCUT2D eigenvalue weighted by atomic mass is 16.5. The van der Waals surface area contributed by atoms with Gasteiger partial charge in [-0.05, 0) is 20.2 Å². The number of rotatable bonds is 4. The molecule has 0 saturated carbocycles. The third-order valence-corrected chi connectivity index (χ3v) is 4.22. The highest BCUT2D eigenvalue weighted by Gasteiger charge is 2.38. The van der Waals surface area contributed by atoms with E-state index in [4.69, 9.17) is 4.74 Å². The highest BCUT2D eigenvalue weighted by Crippen LogP contribution is 2.30. The van der Waals surface area contributed by atoms with Crippen LogP contribution >= 0.6 is 0 Å². The Morgan fingerprint density at radius 3 is 2.88 bits per heavy atom. The van der Waals surface area contributed by atoms with Crippen LogP contribution in [0.2, 0.25) is 0 Å². The first-order valence-electron chi connectivity index (χ1n) is 8.21. The van der Waals surface area contributed by atoms with Crippen molar-refractivity contribution in [3.05, 3.63) is 52.2 Å². The molecule has 1 aliphatic heterocycles. The maximum Gasteiger partial charge on any atom is 0.271 e. The van der Waals surface area contributed by atoms with Crippen LogP contribution in [0.4, 0.5) is 0 Å². The number of carbonyl (C=O) groups is 1. The molecular weight excluding hydrogens is 322 g/mol. The van der Waals surface area contributed by atoms with Gasteiger partial charge in [0.15, 0.2) is 0 Å². The molecule has 2 aromatic heterocycles. The van der Waals surface area contributed by atoms with Crippen LogP contribution in [0.3, 0.4) is 0 Å². The van der Waals surface area contributed by atoms with Crippen molar-refractivity contribution in [1.82, 2.24) is 24.6 Å². The summed E-state index contributed by atoms with van der Waals surface area (Å²) >= 11 is 0. The van der Waals surface area contributed by atoms with Crippen molar-refractivity contribution in [2.75, 3.05) is 33.8 Å². The SMILES string of the molecule is CN(C)C[C@@H]1OCCN(C(=O)c2cccc(=O)[nH]2)[C@H]1c1cnn(C)c1. The summed E-state index contributed by atoms with van der Waals surface area (Å²) in [4.78, 5) is 31.0.